The summed E-state index contributed by atoms with van der Waals surface area (Å²) < 4.78 is 0. The zero-order valence-corrected chi connectivity index (χ0v) is 8.89. The summed E-state index contributed by atoms with van der Waals surface area (Å²) in [5, 5.41) is 9.83. The second-order valence-electron chi connectivity index (χ2n) is 4.12. The molecule has 0 aliphatic carbocycles. The zero-order valence-electron chi connectivity index (χ0n) is 8.89. The van der Waals surface area contributed by atoms with E-state index in [0.717, 1.165) is 12.0 Å². The average Bonchev–Trinajstić information content (AvgIpc) is 2.01. The monoisotopic (exact) mass is 178 g/mol. The molecular weight excluding hydrogens is 160 g/mol. The Kier molecular flexibility index (Phi) is 2.77. The first-order chi connectivity index (χ1) is 5.93. The van der Waals surface area contributed by atoms with Crippen LogP contribution in [0.25, 0.3) is 0 Å². The molecule has 0 saturated heterocycles. The third kappa shape index (κ3) is 2.56. The van der Waals surface area contributed by atoms with Crippen molar-refractivity contribution in [1.82, 2.24) is 0 Å². The second kappa shape index (κ2) is 3.51. The molecule has 1 N–H and O–H groups in total. The Morgan fingerprint density at radius 2 is 1.85 bits per heavy atom. The number of hydrogen-bond donors (Lipinski definition) is 1. The van der Waals surface area contributed by atoms with Gasteiger partial charge in [-0.05, 0) is 38.3 Å². The van der Waals surface area contributed by atoms with Crippen LogP contribution in [0.1, 0.15) is 37.5 Å². The van der Waals surface area contributed by atoms with Crippen LogP contribution in [0.4, 0.5) is 0 Å². The van der Waals surface area contributed by atoms with E-state index >= 15 is 0 Å². The molecule has 1 heteroatoms. The molecule has 0 radical (unpaired) electrons. The summed E-state index contributed by atoms with van der Waals surface area (Å²) in [4.78, 5) is 0. The SMILES string of the molecule is CCc1cc(C)cc(C(C)(C)O)c1. The first-order valence-corrected chi connectivity index (χ1v) is 4.77. The largest absolute Gasteiger partial charge is 0.386 e. The van der Waals surface area contributed by atoms with Crippen molar-refractivity contribution in [3.8, 4) is 0 Å². The minimum absolute atomic E-state index is 0.726. The number of aryl methyl sites for hydroxylation is 2. The molecule has 0 spiro atoms. The van der Waals surface area contributed by atoms with E-state index in [2.05, 4.69) is 26.0 Å². The Hall–Kier alpha value is -0.820. The zero-order chi connectivity index (χ0) is 10.1. The van der Waals surface area contributed by atoms with Crippen molar-refractivity contribution in [2.75, 3.05) is 0 Å². The first-order valence-electron chi connectivity index (χ1n) is 4.77. The highest BCUT2D eigenvalue weighted by atomic mass is 16.3. The molecule has 13 heavy (non-hydrogen) atoms. The molecule has 1 aromatic carbocycles. The smallest absolute Gasteiger partial charge is 0.0840 e. The molecule has 0 aliphatic rings. The van der Waals surface area contributed by atoms with Gasteiger partial charge in [0.1, 0.15) is 0 Å². The number of aliphatic hydroxyl groups is 1. The van der Waals surface area contributed by atoms with Crippen molar-refractivity contribution in [3.63, 3.8) is 0 Å². The minimum Gasteiger partial charge on any atom is -0.386 e. The first kappa shape index (κ1) is 10.3. The van der Waals surface area contributed by atoms with E-state index in [4.69, 9.17) is 0 Å². The summed E-state index contributed by atoms with van der Waals surface area (Å²) in [7, 11) is 0. The van der Waals surface area contributed by atoms with E-state index < -0.39 is 5.60 Å². The Balaban J connectivity index is 3.16. The maximum absolute atomic E-state index is 9.83. The molecule has 0 aromatic heterocycles. The lowest BCUT2D eigenvalue weighted by atomic mass is 9.94. The molecule has 0 unspecified atom stereocenters. The number of hydrogen-bond acceptors (Lipinski definition) is 1. The third-order valence-electron chi connectivity index (χ3n) is 2.25. The molecule has 72 valence electrons. The highest BCUT2D eigenvalue weighted by Gasteiger charge is 2.16. The van der Waals surface area contributed by atoms with E-state index in [-0.39, 0.29) is 0 Å². The van der Waals surface area contributed by atoms with Crippen LogP contribution in [0.3, 0.4) is 0 Å². The van der Waals surface area contributed by atoms with Gasteiger partial charge in [-0.2, -0.15) is 0 Å². The summed E-state index contributed by atoms with van der Waals surface area (Å²) in [5.41, 5.74) is 2.79. The summed E-state index contributed by atoms with van der Waals surface area (Å²) >= 11 is 0. The fraction of sp³-hybridized carbons (Fsp3) is 0.500. The molecule has 0 bridgehead atoms. The number of benzene rings is 1. The maximum Gasteiger partial charge on any atom is 0.0840 e. The van der Waals surface area contributed by atoms with Crippen LogP contribution in [0.15, 0.2) is 18.2 Å². The van der Waals surface area contributed by atoms with E-state index in [1.807, 2.05) is 19.9 Å². The van der Waals surface area contributed by atoms with Gasteiger partial charge >= 0.3 is 0 Å². The summed E-state index contributed by atoms with van der Waals surface area (Å²) in [6.45, 7) is 7.83. The van der Waals surface area contributed by atoms with Gasteiger partial charge in [0.25, 0.3) is 0 Å². The summed E-state index contributed by atoms with van der Waals surface area (Å²) in [6, 6.07) is 6.28. The lowest BCUT2D eigenvalue weighted by Crippen LogP contribution is -2.15. The van der Waals surface area contributed by atoms with Crippen molar-refractivity contribution in [2.24, 2.45) is 0 Å². The molecule has 0 saturated carbocycles. The summed E-state index contributed by atoms with van der Waals surface area (Å²) in [6.07, 6.45) is 1.02. The Morgan fingerprint density at radius 1 is 1.23 bits per heavy atom. The predicted octanol–water partition coefficient (Wildman–Crippen LogP) is 2.78. The Labute approximate surface area is 80.4 Å². The van der Waals surface area contributed by atoms with E-state index in [1.54, 1.807) is 0 Å². The standard InChI is InChI=1S/C12H18O/c1-5-10-6-9(2)7-11(8-10)12(3,4)13/h6-8,13H,5H2,1-4H3. The van der Waals surface area contributed by atoms with Gasteiger partial charge in [-0.15, -0.1) is 0 Å². The van der Waals surface area contributed by atoms with Gasteiger partial charge in [-0.3, -0.25) is 0 Å². The van der Waals surface area contributed by atoms with Crippen LogP contribution in [-0.2, 0) is 12.0 Å². The summed E-state index contributed by atoms with van der Waals surface area (Å²) in [5.74, 6) is 0. The fourth-order valence-electron chi connectivity index (χ4n) is 1.42. The van der Waals surface area contributed by atoms with Crippen molar-refractivity contribution in [1.29, 1.82) is 0 Å². The van der Waals surface area contributed by atoms with Crippen LogP contribution in [0.2, 0.25) is 0 Å². The highest BCUT2D eigenvalue weighted by Crippen LogP contribution is 2.22. The molecule has 1 rings (SSSR count). The van der Waals surface area contributed by atoms with Crippen molar-refractivity contribution >= 4 is 0 Å². The molecule has 0 amide bonds. The van der Waals surface area contributed by atoms with E-state index in [9.17, 15) is 5.11 Å². The second-order valence-corrected chi connectivity index (χ2v) is 4.12. The maximum atomic E-state index is 9.83. The van der Waals surface area contributed by atoms with Gasteiger partial charge in [-0.25, -0.2) is 0 Å². The average molecular weight is 178 g/mol. The van der Waals surface area contributed by atoms with Crippen LogP contribution in [0.5, 0.6) is 0 Å². The lowest BCUT2D eigenvalue weighted by molar-refractivity contribution is 0.0784. The Morgan fingerprint density at radius 3 is 2.31 bits per heavy atom. The minimum atomic E-state index is -0.726. The van der Waals surface area contributed by atoms with Gasteiger partial charge < -0.3 is 5.11 Å². The lowest BCUT2D eigenvalue weighted by Gasteiger charge is -2.19. The molecule has 0 atom stereocenters. The van der Waals surface area contributed by atoms with Gasteiger partial charge in [0.05, 0.1) is 5.60 Å². The van der Waals surface area contributed by atoms with Crippen LogP contribution < -0.4 is 0 Å². The van der Waals surface area contributed by atoms with Gasteiger partial charge in [0.2, 0.25) is 0 Å². The molecular formula is C12H18O. The van der Waals surface area contributed by atoms with Gasteiger partial charge in [0, 0.05) is 0 Å². The molecule has 1 nitrogen and oxygen atoms in total. The topological polar surface area (TPSA) is 20.2 Å². The quantitative estimate of drug-likeness (QED) is 0.738. The van der Waals surface area contributed by atoms with Crippen molar-refractivity contribution in [3.05, 3.63) is 34.9 Å². The Bertz CT molecular complexity index is 294. The van der Waals surface area contributed by atoms with E-state index in [0.29, 0.717) is 0 Å². The van der Waals surface area contributed by atoms with Gasteiger partial charge in [-0.1, -0.05) is 30.7 Å². The predicted molar refractivity (Wildman–Crippen MR) is 55.8 cm³/mol. The van der Waals surface area contributed by atoms with Crippen LogP contribution in [-0.4, -0.2) is 5.11 Å². The van der Waals surface area contributed by atoms with E-state index in [1.165, 1.54) is 11.1 Å². The van der Waals surface area contributed by atoms with Crippen LogP contribution >= 0.6 is 0 Å². The number of rotatable bonds is 2. The van der Waals surface area contributed by atoms with Crippen molar-refractivity contribution in [2.45, 2.75) is 39.7 Å². The molecule has 0 heterocycles. The highest BCUT2D eigenvalue weighted by molar-refractivity contribution is 5.32. The normalized spacial score (nSPS) is 11.8. The fourth-order valence-corrected chi connectivity index (χ4v) is 1.42. The van der Waals surface area contributed by atoms with Crippen molar-refractivity contribution < 1.29 is 5.11 Å². The van der Waals surface area contributed by atoms with Crippen LogP contribution in [0, 0.1) is 6.92 Å². The molecule has 1 aromatic rings. The molecule has 0 aliphatic heterocycles. The molecule has 0 fully saturated rings. The van der Waals surface area contributed by atoms with Gasteiger partial charge in [0.15, 0.2) is 0 Å². The third-order valence-corrected chi connectivity index (χ3v) is 2.25.